The van der Waals surface area contributed by atoms with Crippen LogP contribution in [0.2, 0.25) is 0 Å². The first-order valence-electron chi connectivity index (χ1n) is 7.86. The Balaban J connectivity index is 1.82. The maximum atomic E-state index is 12.4. The van der Waals surface area contributed by atoms with Crippen molar-refractivity contribution in [3.8, 4) is 0 Å². The maximum absolute atomic E-state index is 12.4. The number of aromatic nitrogens is 4. The third-order valence-electron chi connectivity index (χ3n) is 3.98. The van der Waals surface area contributed by atoms with E-state index in [-0.39, 0.29) is 18.6 Å². The van der Waals surface area contributed by atoms with Gasteiger partial charge in [-0.25, -0.2) is 4.98 Å². The Kier molecular flexibility index (Phi) is 4.53. The molecule has 0 aliphatic heterocycles. The standard InChI is InChI=1S/C17H17N5O4/c1-10-16(11(2)22(20-10)8-15(24)25)19-14(23)7-21-9-18-13-6-4-3-5-12(13)17(21)26/h3-6,9H,7-8H2,1-2H3,(H,19,23)(H,24,25). The van der Waals surface area contributed by atoms with E-state index >= 15 is 0 Å². The maximum Gasteiger partial charge on any atom is 0.325 e. The molecule has 9 nitrogen and oxygen atoms in total. The van der Waals surface area contributed by atoms with E-state index in [1.165, 1.54) is 15.6 Å². The quantitative estimate of drug-likeness (QED) is 0.703. The Labute approximate surface area is 147 Å². The summed E-state index contributed by atoms with van der Waals surface area (Å²) in [7, 11) is 0. The van der Waals surface area contributed by atoms with Crippen LogP contribution in [-0.4, -0.2) is 36.3 Å². The molecule has 1 amide bonds. The number of amides is 1. The van der Waals surface area contributed by atoms with Crippen LogP contribution in [-0.2, 0) is 22.7 Å². The molecule has 1 aromatic carbocycles. The van der Waals surface area contributed by atoms with E-state index in [1.54, 1.807) is 38.1 Å². The Hall–Kier alpha value is -3.49. The molecule has 26 heavy (non-hydrogen) atoms. The summed E-state index contributed by atoms with van der Waals surface area (Å²) < 4.78 is 2.53. The number of benzene rings is 1. The number of carbonyl (C=O) groups excluding carboxylic acids is 1. The molecule has 3 rings (SSSR count). The number of carboxylic acids is 1. The molecule has 0 saturated carbocycles. The molecule has 0 aliphatic carbocycles. The lowest BCUT2D eigenvalue weighted by Crippen LogP contribution is -2.28. The largest absolute Gasteiger partial charge is 0.480 e. The van der Waals surface area contributed by atoms with Gasteiger partial charge in [-0.1, -0.05) is 12.1 Å². The minimum atomic E-state index is -1.03. The highest BCUT2D eigenvalue weighted by Gasteiger charge is 2.16. The fourth-order valence-electron chi connectivity index (χ4n) is 2.71. The minimum Gasteiger partial charge on any atom is -0.480 e. The third kappa shape index (κ3) is 3.32. The van der Waals surface area contributed by atoms with E-state index in [9.17, 15) is 14.4 Å². The van der Waals surface area contributed by atoms with Crippen molar-refractivity contribution >= 4 is 28.5 Å². The van der Waals surface area contributed by atoms with Crippen molar-refractivity contribution in [1.29, 1.82) is 0 Å². The zero-order valence-electron chi connectivity index (χ0n) is 14.3. The molecule has 0 radical (unpaired) electrons. The summed E-state index contributed by atoms with van der Waals surface area (Å²) in [5.74, 6) is -1.45. The van der Waals surface area contributed by atoms with Crippen LogP contribution < -0.4 is 10.9 Å². The molecule has 2 N–H and O–H groups in total. The third-order valence-corrected chi connectivity index (χ3v) is 3.98. The average molecular weight is 355 g/mol. The number of fused-ring (bicyclic) bond motifs is 1. The molecular formula is C17H17N5O4. The topological polar surface area (TPSA) is 119 Å². The smallest absolute Gasteiger partial charge is 0.325 e. The molecule has 0 atom stereocenters. The Morgan fingerprint density at radius 3 is 2.65 bits per heavy atom. The molecule has 0 fully saturated rings. The molecule has 0 aliphatic rings. The molecule has 0 saturated heterocycles. The Morgan fingerprint density at radius 2 is 1.92 bits per heavy atom. The predicted molar refractivity (Wildman–Crippen MR) is 94.0 cm³/mol. The van der Waals surface area contributed by atoms with Gasteiger partial charge in [0, 0.05) is 0 Å². The van der Waals surface area contributed by atoms with Crippen LogP contribution in [0, 0.1) is 13.8 Å². The summed E-state index contributed by atoms with van der Waals surface area (Å²) in [6.45, 7) is 2.84. The zero-order chi connectivity index (χ0) is 18.8. The number of anilines is 1. The van der Waals surface area contributed by atoms with E-state index in [4.69, 9.17) is 5.11 Å². The van der Waals surface area contributed by atoms with Crippen molar-refractivity contribution in [3.05, 3.63) is 52.3 Å². The number of carbonyl (C=O) groups is 2. The number of hydrogen-bond acceptors (Lipinski definition) is 5. The minimum absolute atomic E-state index is 0.209. The van der Waals surface area contributed by atoms with E-state index < -0.39 is 11.9 Å². The van der Waals surface area contributed by atoms with Crippen LogP contribution in [0.5, 0.6) is 0 Å². The van der Waals surface area contributed by atoms with Gasteiger partial charge in [0.2, 0.25) is 5.91 Å². The zero-order valence-corrected chi connectivity index (χ0v) is 14.3. The summed E-state index contributed by atoms with van der Waals surface area (Å²) in [5, 5.41) is 16.1. The first-order chi connectivity index (χ1) is 12.4. The number of hydrogen-bond donors (Lipinski definition) is 2. The van der Waals surface area contributed by atoms with Crippen molar-refractivity contribution in [2.45, 2.75) is 26.9 Å². The monoisotopic (exact) mass is 355 g/mol. The number of aliphatic carboxylic acids is 1. The second kappa shape index (κ2) is 6.79. The summed E-state index contributed by atoms with van der Waals surface area (Å²) in [4.78, 5) is 39.8. The van der Waals surface area contributed by atoms with Crippen LogP contribution in [0.25, 0.3) is 10.9 Å². The summed E-state index contributed by atoms with van der Waals surface area (Å²) in [6, 6.07) is 6.90. The van der Waals surface area contributed by atoms with E-state index in [0.29, 0.717) is 28.0 Å². The number of para-hydroxylation sites is 1. The van der Waals surface area contributed by atoms with Crippen molar-refractivity contribution in [3.63, 3.8) is 0 Å². The molecule has 3 aromatic rings. The van der Waals surface area contributed by atoms with Crippen molar-refractivity contribution in [2.24, 2.45) is 0 Å². The highest BCUT2D eigenvalue weighted by Crippen LogP contribution is 2.19. The normalized spacial score (nSPS) is 10.8. The number of aryl methyl sites for hydroxylation is 1. The molecule has 0 bridgehead atoms. The molecule has 0 unspecified atom stereocenters. The second-order valence-electron chi connectivity index (χ2n) is 5.84. The Morgan fingerprint density at radius 1 is 1.19 bits per heavy atom. The highest BCUT2D eigenvalue weighted by atomic mass is 16.4. The van der Waals surface area contributed by atoms with Crippen LogP contribution in [0.3, 0.4) is 0 Å². The highest BCUT2D eigenvalue weighted by molar-refractivity contribution is 5.92. The first-order valence-corrected chi connectivity index (χ1v) is 7.86. The molecule has 9 heteroatoms. The van der Waals surface area contributed by atoms with Crippen LogP contribution in [0.15, 0.2) is 35.4 Å². The number of nitrogens with one attached hydrogen (secondary N) is 1. The van der Waals surface area contributed by atoms with Gasteiger partial charge in [0.25, 0.3) is 5.56 Å². The van der Waals surface area contributed by atoms with E-state index in [2.05, 4.69) is 15.4 Å². The lowest BCUT2D eigenvalue weighted by Gasteiger charge is -2.08. The van der Waals surface area contributed by atoms with Crippen LogP contribution in [0.1, 0.15) is 11.4 Å². The van der Waals surface area contributed by atoms with E-state index in [1.807, 2.05) is 0 Å². The predicted octanol–water partition coefficient (Wildman–Crippen LogP) is 0.933. The van der Waals surface area contributed by atoms with Gasteiger partial charge >= 0.3 is 5.97 Å². The van der Waals surface area contributed by atoms with Crippen LogP contribution in [0.4, 0.5) is 5.69 Å². The SMILES string of the molecule is Cc1nn(CC(=O)O)c(C)c1NC(=O)Cn1cnc2ccccc2c1=O. The van der Waals surface area contributed by atoms with Gasteiger partial charge in [0.05, 0.1) is 34.3 Å². The summed E-state index contributed by atoms with van der Waals surface area (Å²) >= 11 is 0. The van der Waals surface area contributed by atoms with Crippen molar-refractivity contribution in [2.75, 3.05) is 5.32 Å². The average Bonchev–Trinajstić information content (AvgIpc) is 2.84. The number of rotatable bonds is 5. The molecule has 134 valence electrons. The van der Waals surface area contributed by atoms with Gasteiger partial charge in [-0.3, -0.25) is 23.6 Å². The van der Waals surface area contributed by atoms with Crippen molar-refractivity contribution in [1.82, 2.24) is 19.3 Å². The molecular weight excluding hydrogens is 338 g/mol. The lowest BCUT2D eigenvalue weighted by molar-refractivity contribution is -0.137. The molecule has 2 heterocycles. The fraction of sp³-hybridized carbons (Fsp3) is 0.235. The van der Waals surface area contributed by atoms with Gasteiger partial charge < -0.3 is 10.4 Å². The van der Waals surface area contributed by atoms with E-state index in [0.717, 1.165) is 0 Å². The molecule has 0 spiro atoms. The number of nitrogens with zero attached hydrogens (tertiary/aromatic N) is 4. The lowest BCUT2D eigenvalue weighted by atomic mass is 10.2. The first kappa shape index (κ1) is 17.3. The van der Waals surface area contributed by atoms with Crippen molar-refractivity contribution < 1.29 is 14.7 Å². The molecule has 2 aromatic heterocycles. The van der Waals surface area contributed by atoms with Gasteiger partial charge in [-0.2, -0.15) is 5.10 Å². The Bertz CT molecular complexity index is 1070. The van der Waals surface area contributed by atoms with Gasteiger partial charge in [-0.05, 0) is 26.0 Å². The van der Waals surface area contributed by atoms with Crippen LogP contribution >= 0.6 is 0 Å². The van der Waals surface area contributed by atoms with Gasteiger partial charge in [0.1, 0.15) is 13.1 Å². The summed E-state index contributed by atoms with van der Waals surface area (Å²) in [6.07, 6.45) is 1.33. The fourth-order valence-corrected chi connectivity index (χ4v) is 2.71. The van der Waals surface area contributed by atoms with Gasteiger partial charge in [0.15, 0.2) is 0 Å². The summed E-state index contributed by atoms with van der Waals surface area (Å²) in [5.41, 5.74) is 1.73. The second-order valence-corrected chi connectivity index (χ2v) is 5.84. The van der Waals surface area contributed by atoms with Gasteiger partial charge in [-0.15, -0.1) is 0 Å². The number of carboxylic acid groups (broad SMARTS) is 1.